The summed E-state index contributed by atoms with van der Waals surface area (Å²) >= 11 is 6.92. The third-order valence-electron chi connectivity index (χ3n) is 3.18. The molecule has 1 fully saturated rings. The fourth-order valence-corrected chi connectivity index (χ4v) is 3.13. The van der Waals surface area contributed by atoms with E-state index in [0.29, 0.717) is 23.0 Å². The van der Waals surface area contributed by atoms with Crippen molar-refractivity contribution in [1.29, 1.82) is 5.26 Å². The maximum atomic E-state index is 9.99. The van der Waals surface area contributed by atoms with Crippen LogP contribution >= 0.6 is 23.1 Å². The Hall–Kier alpha value is -0.830. The molecule has 0 bridgehead atoms. The molecule has 17 heavy (non-hydrogen) atoms. The Bertz CT molecular complexity index is 423. The van der Waals surface area contributed by atoms with Crippen LogP contribution in [0.5, 0.6) is 0 Å². The van der Waals surface area contributed by atoms with Crippen LogP contribution in [0.25, 0.3) is 0 Å². The van der Waals surface area contributed by atoms with Gasteiger partial charge in [0.1, 0.15) is 16.6 Å². The van der Waals surface area contributed by atoms with Crippen LogP contribution in [0.2, 0.25) is 5.15 Å². The molecule has 1 atom stereocenters. The Morgan fingerprint density at radius 1 is 1.59 bits per heavy atom. The molecule has 2 rings (SSSR count). The molecule has 4 nitrogen and oxygen atoms in total. The van der Waals surface area contributed by atoms with Gasteiger partial charge in [-0.2, -0.15) is 9.64 Å². The van der Waals surface area contributed by atoms with E-state index in [1.54, 1.807) is 0 Å². The van der Waals surface area contributed by atoms with Crippen LogP contribution in [0.15, 0.2) is 0 Å². The fraction of sp³-hybridized carbons (Fsp3) is 0.636. The number of anilines is 1. The summed E-state index contributed by atoms with van der Waals surface area (Å²) < 4.78 is 3.90. The van der Waals surface area contributed by atoms with E-state index in [0.717, 1.165) is 24.4 Å². The molecule has 6 heteroatoms. The van der Waals surface area contributed by atoms with Gasteiger partial charge in [0.15, 0.2) is 5.15 Å². The highest BCUT2D eigenvalue weighted by Gasteiger charge is 2.23. The normalized spacial score (nSPS) is 17.9. The van der Waals surface area contributed by atoms with Gasteiger partial charge in [0.2, 0.25) is 0 Å². The van der Waals surface area contributed by atoms with E-state index >= 15 is 0 Å². The number of aliphatic hydroxyl groups is 1. The summed E-state index contributed by atoms with van der Waals surface area (Å²) in [7, 11) is 0. The standard InChI is InChI=1S/C11H14ClN3OS/c12-10-8(5-13)11(17-15-10)14-6-9(16)7-3-1-2-4-7/h7,9,14,16H,1-4,6H2. The minimum absolute atomic E-state index is 0.232. The number of nitrogens with one attached hydrogen (secondary N) is 1. The lowest BCUT2D eigenvalue weighted by molar-refractivity contribution is 0.123. The second-order valence-electron chi connectivity index (χ2n) is 4.28. The molecule has 92 valence electrons. The summed E-state index contributed by atoms with van der Waals surface area (Å²) in [5, 5.41) is 22.8. The number of hydrogen-bond donors (Lipinski definition) is 2. The average molecular weight is 272 g/mol. The van der Waals surface area contributed by atoms with Crippen molar-refractivity contribution >= 4 is 28.1 Å². The molecule has 1 aliphatic carbocycles. The molecule has 1 aromatic rings. The van der Waals surface area contributed by atoms with E-state index in [1.807, 2.05) is 6.07 Å². The highest BCUT2D eigenvalue weighted by Crippen LogP contribution is 2.30. The fourth-order valence-electron chi connectivity index (χ4n) is 2.19. The van der Waals surface area contributed by atoms with Gasteiger partial charge in [-0.25, -0.2) is 0 Å². The molecule has 1 saturated carbocycles. The smallest absolute Gasteiger partial charge is 0.162 e. The molecule has 0 radical (unpaired) electrons. The van der Waals surface area contributed by atoms with E-state index in [-0.39, 0.29) is 11.3 Å². The topological polar surface area (TPSA) is 68.9 Å². The molecule has 1 aromatic heterocycles. The molecular weight excluding hydrogens is 258 g/mol. The van der Waals surface area contributed by atoms with Crippen LogP contribution in [0.1, 0.15) is 31.2 Å². The first kappa shape index (κ1) is 12.6. The monoisotopic (exact) mass is 271 g/mol. The summed E-state index contributed by atoms with van der Waals surface area (Å²) in [6.45, 7) is 0.456. The summed E-state index contributed by atoms with van der Waals surface area (Å²) in [5.41, 5.74) is 0.371. The zero-order chi connectivity index (χ0) is 12.3. The SMILES string of the molecule is N#Cc1c(Cl)nsc1NCC(O)C1CCCC1. The van der Waals surface area contributed by atoms with Crippen LogP contribution in [0, 0.1) is 17.2 Å². The largest absolute Gasteiger partial charge is 0.391 e. The second kappa shape index (κ2) is 5.67. The lowest BCUT2D eigenvalue weighted by Crippen LogP contribution is -2.26. The van der Waals surface area contributed by atoms with E-state index in [2.05, 4.69) is 9.69 Å². The first-order chi connectivity index (χ1) is 8.22. The Morgan fingerprint density at radius 3 is 2.94 bits per heavy atom. The molecule has 0 spiro atoms. The van der Waals surface area contributed by atoms with Crippen molar-refractivity contribution in [2.45, 2.75) is 31.8 Å². The number of halogens is 1. The van der Waals surface area contributed by atoms with Gasteiger partial charge in [0.05, 0.1) is 6.10 Å². The van der Waals surface area contributed by atoms with Gasteiger partial charge in [-0.3, -0.25) is 0 Å². The van der Waals surface area contributed by atoms with Crippen LogP contribution in [0.4, 0.5) is 5.00 Å². The summed E-state index contributed by atoms with van der Waals surface area (Å²) in [6.07, 6.45) is 4.24. The van der Waals surface area contributed by atoms with Gasteiger partial charge in [-0.1, -0.05) is 24.4 Å². The zero-order valence-electron chi connectivity index (χ0n) is 9.32. The van der Waals surface area contributed by atoms with Crippen molar-refractivity contribution in [2.75, 3.05) is 11.9 Å². The van der Waals surface area contributed by atoms with Crippen molar-refractivity contribution in [3.63, 3.8) is 0 Å². The van der Waals surface area contributed by atoms with Gasteiger partial charge < -0.3 is 10.4 Å². The molecular formula is C11H14ClN3OS. The van der Waals surface area contributed by atoms with Crippen molar-refractivity contribution in [2.24, 2.45) is 5.92 Å². The number of rotatable bonds is 4. The highest BCUT2D eigenvalue weighted by molar-refractivity contribution is 7.10. The molecule has 0 amide bonds. The van der Waals surface area contributed by atoms with Crippen LogP contribution in [-0.4, -0.2) is 22.1 Å². The molecule has 1 aliphatic rings. The first-order valence-electron chi connectivity index (χ1n) is 5.69. The molecule has 1 unspecified atom stereocenters. The van der Waals surface area contributed by atoms with Crippen LogP contribution in [0.3, 0.4) is 0 Å². The van der Waals surface area contributed by atoms with Gasteiger partial charge in [-0.05, 0) is 30.3 Å². The maximum Gasteiger partial charge on any atom is 0.162 e. The Balaban J connectivity index is 1.91. The molecule has 0 saturated heterocycles. The van der Waals surface area contributed by atoms with Crippen LogP contribution in [-0.2, 0) is 0 Å². The third kappa shape index (κ3) is 2.89. The number of hydrogen-bond acceptors (Lipinski definition) is 5. The van der Waals surface area contributed by atoms with Crippen molar-refractivity contribution in [1.82, 2.24) is 4.37 Å². The van der Waals surface area contributed by atoms with E-state index < -0.39 is 0 Å². The number of aromatic nitrogens is 1. The number of nitriles is 1. The van der Waals surface area contributed by atoms with Crippen molar-refractivity contribution in [3.05, 3.63) is 10.7 Å². The van der Waals surface area contributed by atoms with Crippen molar-refractivity contribution < 1.29 is 5.11 Å². The zero-order valence-corrected chi connectivity index (χ0v) is 10.9. The van der Waals surface area contributed by atoms with E-state index in [1.165, 1.54) is 12.8 Å². The number of nitrogens with zero attached hydrogens (tertiary/aromatic N) is 2. The predicted molar refractivity (Wildman–Crippen MR) is 68.3 cm³/mol. The van der Waals surface area contributed by atoms with E-state index in [9.17, 15) is 5.11 Å². The second-order valence-corrected chi connectivity index (χ2v) is 5.41. The summed E-state index contributed by atoms with van der Waals surface area (Å²) in [5.74, 6) is 0.386. The Labute approximate surface area is 109 Å². The number of aliphatic hydroxyl groups excluding tert-OH is 1. The quantitative estimate of drug-likeness (QED) is 0.883. The van der Waals surface area contributed by atoms with Gasteiger partial charge in [0, 0.05) is 6.54 Å². The lowest BCUT2D eigenvalue weighted by Gasteiger charge is -2.17. The molecule has 1 heterocycles. The van der Waals surface area contributed by atoms with Gasteiger partial charge in [0.25, 0.3) is 0 Å². The third-order valence-corrected chi connectivity index (χ3v) is 4.36. The molecule has 0 aromatic carbocycles. The predicted octanol–water partition coefficient (Wildman–Crippen LogP) is 2.63. The van der Waals surface area contributed by atoms with Gasteiger partial charge in [-0.15, -0.1) is 0 Å². The summed E-state index contributed by atoms with van der Waals surface area (Å²) in [4.78, 5) is 0. The minimum atomic E-state index is -0.357. The lowest BCUT2D eigenvalue weighted by atomic mass is 10.0. The molecule has 0 aliphatic heterocycles. The highest BCUT2D eigenvalue weighted by atomic mass is 35.5. The average Bonchev–Trinajstić information content (AvgIpc) is 2.95. The maximum absolute atomic E-state index is 9.99. The molecule has 2 N–H and O–H groups in total. The summed E-state index contributed by atoms with van der Waals surface area (Å²) in [6, 6.07) is 2.01. The van der Waals surface area contributed by atoms with Crippen LogP contribution < -0.4 is 5.32 Å². The van der Waals surface area contributed by atoms with Crippen molar-refractivity contribution in [3.8, 4) is 6.07 Å². The van der Waals surface area contributed by atoms with Gasteiger partial charge >= 0.3 is 0 Å². The minimum Gasteiger partial charge on any atom is -0.391 e. The first-order valence-corrected chi connectivity index (χ1v) is 6.84. The Morgan fingerprint density at radius 2 is 2.29 bits per heavy atom. The van der Waals surface area contributed by atoms with E-state index in [4.69, 9.17) is 16.9 Å². The Kier molecular flexibility index (Phi) is 4.21.